The van der Waals surface area contributed by atoms with Crippen molar-refractivity contribution in [2.45, 2.75) is 6.10 Å². The lowest BCUT2D eigenvalue weighted by atomic mass is 10.2. The summed E-state index contributed by atoms with van der Waals surface area (Å²) < 4.78 is 5.08. The Balaban J connectivity index is 2.17. The summed E-state index contributed by atoms with van der Waals surface area (Å²) in [6.07, 6.45) is 0.121. The van der Waals surface area contributed by atoms with Crippen LogP contribution in [0.1, 0.15) is 0 Å². The molecule has 6 nitrogen and oxygen atoms in total. The topological polar surface area (TPSA) is 101 Å². The van der Waals surface area contributed by atoms with Crippen LogP contribution in [0.5, 0.6) is 0 Å². The highest BCUT2D eigenvalue weighted by molar-refractivity contribution is 5.95. The van der Waals surface area contributed by atoms with Crippen molar-refractivity contribution in [3.8, 4) is 0 Å². The summed E-state index contributed by atoms with van der Waals surface area (Å²) in [6.45, 7) is -0.115. The molecule has 16 heavy (non-hydrogen) atoms. The van der Waals surface area contributed by atoms with Crippen molar-refractivity contribution >= 4 is 22.7 Å². The monoisotopic (exact) mass is 221 g/mol. The molecule has 2 rings (SSSR count). The maximum Gasteiger partial charge on any atom is 0.254 e. The number of nitrogens with one attached hydrogen (secondary N) is 1. The first-order valence-electron chi connectivity index (χ1n) is 4.73. The fraction of sp³-hybridized carbons (Fsp3) is 0.200. The van der Waals surface area contributed by atoms with E-state index < -0.39 is 12.0 Å². The van der Waals surface area contributed by atoms with Gasteiger partial charge in [-0.3, -0.25) is 4.79 Å². The van der Waals surface area contributed by atoms with Crippen LogP contribution < -0.4 is 11.1 Å². The van der Waals surface area contributed by atoms with E-state index in [1.165, 1.54) is 6.39 Å². The zero-order chi connectivity index (χ0) is 11.5. The zero-order valence-corrected chi connectivity index (χ0v) is 8.38. The minimum atomic E-state index is -1.20. The second kappa shape index (κ2) is 4.30. The predicted molar refractivity (Wildman–Crippen MR) is 57.7 cm³/mol. The highest BCUT2D eigenvalue weighted by Gasteiger charge is 2.13. The number of aliphatic hydroxyl groups excluding tert-OH is 1. The molecule has 1 heterocycles. The number of nitrogens with zero attached hydrogens (tertiary/aromatic N) is 1. The molecule has 0 saturated heterocycles. The van der Waals surface area contributed by atoms with Gasteiger partial charge in [-0.25, -0.2) is 4.98 Å². The maximum absolute atomic E-state index is 11.3. The van der Waals surface area contributed by atoms with E-state index in [1.807, 2.05) is 0 Å². The number of amides is 1. The molecule has 0 aliphatic rings. The van der Waals surface area contributed by atoms with Gasteiger partial charge in [0, 0.05) is 18.3 Å². The number of nitrogens with two attached hydrogens (primary N) is 1. The van der Waals surface area contributed by atoms with Crippen LogP contribution in [0.4, 0.5) is 5.69 Å². The van der Waals surface area contributed by atoms with Crippen LogP contribution in [-0.4, -0.2) is 28.6 Å². The lowest BCUT2D eigenvalue weighted by molar-refractivity contribution is -0.123. The summed E-state index contributed by atoms with van der Waals surface area (Å²) in [6, 6.07) is 5.01. The van der Waals surface area contributed by atoms with Gasteiger partial charge in [0.25, 0.3) is 5.91 Å². The van der Waals surface area contributed by atoms with Gasteiger partial charge in [0.2, 0.25) is 0 Å². The Morgan fingerprint density at radius 3 is 3.19 bits per heavy atom. The summed E-state index contributed by atoms with van der Waals surface area (Å²) in [4.78, 5) is 15.3. The van der Waals surface area contributed by atoms with Crippen molar-refractivity contribution in [3.05, 3.63) is 24.6 Å². The molecule has 1 atom stereocenters. The molecule has 0 aliphatic carbocycles. The molecule has 1 aromatic heterocycles. The van der Waals surface area contributed by atoms with Gasteiger partial charge in [-0.1, -0.05) is 0 Å². The van der Waals surface area contributed by atoms with Crippen LogP contribution in [0.25, 0.3) is 11.1 Å². The van der Waals surface area contributed by atoms with E-state index in [2.05, 4.69) is 10.3 Å². The number of hydrogen-bond acceptors (Lipinski definition) is 5. The normalized spacial score (nSPS) is 12.6. The van der Waals surface area contributed by atoms with Crippen LogP contribution in [0.3, 0.4) is 0 Å². The standard InChI is InChI=1S/C10H11N3O3/c11-4-8(14)10(15)13-6-1-2-7-9(3-6)16-5-12-7/h1-3,5,8,14H,4,11H2,(H,13,15). The third kappa shape index (κ3) is 2.02. The highest BCUT2D eigenvalue weighted by Crippen LogP contribution is 2.17. The molecule has 84 valence electrons. The number of benzene rings is 1. The Hall–Kier alpha value is -1.92. The number of carbonyl (C=O) groups is 1. The van der Waals surface area contributed by atoms with E-state index in [9.17, 15) is 9.90 Å². The number of rotatable bonds is 3. The third-order valence-electron chi connectivity index (χ3n) is 2.12. The highest BCUT2D eigenvalue weighted by atomic mass is 16.3. The quantitative estimate of drug-likeness (QED) is 0.681. The molecule has 0 saturated carbocycles. The number of anilines is 1. The summed E-state index contributed by atoms with van der Waals surface area (Å²) >= 11 is 0. The third-order valence-corrected chi connectivity index (χ3v) is 2.12. The van der Waals surface area contributed by atoms with E-state index in [0.29, 0.717) is 16.8 Å². The molecule has 2 aromatic rings. The lowest BCUT2D eigenvalue weighted by Crippen LogP contribution is -2.34. The van der Waals surface area contributed by atoms with Crippen LogP contribution in [-0.2, 0) is 4.79 Å². The first kappa shape index (κ1) is 10.6. The summed E-state index contributed by atoms with van der Waals surface area (Å²) in [7, 11) is 0. The average Bonchev–Trinajstić information content (AvgIpc) is 2.75. The first-order chi connectivity index (χ1) is 7.70. The average molecular weight is 221 g/mol. The van der Waals surface area contributed by atoms with Gasteiger partial charge in [-0.2, -0.15) is 0 Å². The number of fused-ring (bicyclic) bond motifs is 1. The van der Waals surface area contributed by atoms with Crippen LogP contribution in [0.2, 0.25) is 0 Å². The van der Waals surface area contributed by atoms with Crippen molar-refractivity contribution in [2.24, 2.45) is 5.73 Å². The van der Waals surface area contributed by atoms with E-state index in [1.54, 1.807) is 18.2 Å². The molecular formula is C10H11N3O3. The van der Waals surface area contributed by atoms with E-state index in [4.69, 9.17) is 10.2 Å². The number of hydrogen-bond donors (Lipinski definition) is 3. The Morgan fingerprint density at radius 1 is 1.62 bits per heavy atom. The van der Waals surface area contributed by atoms with Crippen molar-refractivity contribution in [3.63, 3.8) is 0 Å². The summed E-state index contributed by atoms with van der Waals surface area (Å²) in [5.41, 5.74) is 6.97. The molecule has 0 aliphatic heterocycles. The van der Waals surface area contributed by atoms with Gasteiger partial charge in [0.15, 0.2) is 12.0 Å². The minimum Gasteiger partial charge on any atom is -0.443 e. The van der Waals surface area contributed by atoms with Crippen molar-refractivity contribution in [2.75, 3.05) is 11.9 Å². The Bertz CT molecular complexity index is 509. The van der Waals surface area contributed by atoms with Gasteiger partial charge in [0.1, 0.15) is 11.6 Å². The molecule has 0 bridgehead atoms. The van der Waals surface area contributed by atoms with Crippen LogP contribution in [0.15, 0.2) is 29.0 Å². The summed E-state index contributed by atoms with van der Waals surface area (Å²) in [5.74, 6) is -0.540. The lowest BCUT2D eigenvalue weighted by Gasteiger charge is -2.08. The molecule has 6 heteroatoms. The smallest absolute Gasteiger partial charge is 0.254 e. The van der Waals surface area contributed by atoms with Gasteiger partial charge in [-0.05, 0) is 12.1 Å². The van der Waals surface area contributed by atoms with Crippen LogP contribution >= 0.6 is 0 Å². The fourth-order valence-electron chi connectivity index (χ4n) is 1.27. The first-order valence-corrected chi connectivity index (χ1v) is 4.73. The zero-order valence-electron chi connectivity index (χ0n) is 8.38. The largest absolute Gasteiger partial charge is 0.443 e. The SMILES string of the molecule is NCC(O)C(=O)Nc1ccc2ncoc2c1. The second-order valence-electron chi connectivity index (χ2n) is 3.28. The summed E-state index contributed by atoms with van der Waals surface area (Å²) in [5, 5.41) is 11.7. The molecule has 0 radical (unpaired) electrons. The minimum absolute atomic E-state index is 0.115. The van der Waals surface area contributed by atoms with Gasteiger partial charge < -0.3 is 20.6 Å². The Kier molecular flexibility index (Phi) is 2.84. The van der Waals surface area contributed by atoms with E-state index in [-0.39, 0.29) is 6.54 Å². The maximum atomic E-state index is 11.3. The number of oxazole rings is 1. The second-order valence-corrected chi connectivity index (χ2v) is 3.28. The Labute approximate surface area is 91.1 Å². The van der Waals surface area contributed by atoms with Gasteiger partial charge in [-0.15, -0.1) is 0 Å². The Morgan fingerprint density at radius 2 is 2.44 bits per heavy atom. The van der Waals surface area contributed by atoms with E-state index in [0.717, 1.165) is 0 Å². The van der Waals surface area contributed by atoms with Crippen molar-refractivity contribution in [1.29, 1.82) is 0 Å². The molecule has 4 N–H and O–H groups in total. The fourth-order valence-corrected chi connectivity index (χ4v) is 1.27. The van der Waals surface area contributed by atoms with Gasteiger partial charge >= 0.3 is 0 Å². The molecular weight excluding hydrogens is 210 g/mol. The van der Waals surface area contributed by atoms with E-state index >= 15 is 0 Å². The van der Waals surface area contributed by atoms with Crippen molar-refractivity contribution in [1.82, 2.24) is 4.98 Å². The molecule has 0 fully saturated rings. The molecule has 1 aromatic carbocycles. The molecule has 1 amide bonds. The molecule has 1 unspecified atom stereocenters. The number of aromatic nitrogens is 1. The van der Waals surface area contributed by atoms with Crippen molar-refractivity contribution < 1.29 is 14.3 Å². The number of carbonyl (C=O) groups excluding carboxylic acids is 1. The predicted octanol–water partition coefficient (Wildman–Crippen LogP) is 0.0859. The number of aliphatic hydroxyl groups is 1. The van der Waals surface area contributed by atoms with Crippen LogP contribution in [0, 0.1) is 0 Å². The molecule has 0 spiro atoms. The van der Waals surface area contributed by atoms with Gasteiger partial charge in [0.05, 0.1) is 0 Å².